The SMILES string of the molecule is COc1cc2c(cc1OC)CC(CCCCC(=N)S(=O)(=O)c1cccc3ccccc13)CC2. The van der Waals surface area contributed by atoms with Crippen LogP contribution >= 0.6 is 0 Å². The number of unbranched alkanes of at least 4 members (excludes halogenated alkanes) is 1. The first-order valence-electron chi connectivity index (χ1n) is 11.5. The Bertz CT molecular complexity index is 1260. The van der Waals surface area contributed by atoms with Gasteiger partial charge >= 0.3 is 0 Å². The molecule has 0 aromatic heterocycles. The molecule has 174 valence electrons. The summed E-state index contributed by atoms with van der Waals surface area (Å²) in [5.41, 5.74) is 2.64. The second-order valence-corrected chi connectivity index (χ2v) is 10.7. The minimum absolute atomic E-state index is 0.190. The van der Waals surface area contributed by atoms with Gasteiger partial charge in [0.2, 0.25) is 9.84 Å². The van der Waals surface area contributed by atoms with Crippen LogP contribution < -0.4 is 9.47 Å². The molecular formula is C27H31NO4S. The summed E-state index contributed by atoms with van der Waals surface area (Å²) < 4.78 is 37.0. The zero-order valence-corrected chi connectivity index (χ0v) is 20.1. The summed E-state index contributed by atoms with van der Waals surface area (Å²) in [5, 5.41) is 9.65. The van der Waals surface area contributed by atoms with Crippen molar-refractivity contribution in [2.45, 2.75) is 49.8 Å². The molecule has 1 unspecified atom stereocenters. The van der Waals surface area contributed by atoms with Crippen LogP contribution in [0, 0.1) is 11.3 Å². The van der Waals surface area contributed by atoms with E-state index >= 15 is 0 Å². The van der Waals surface area contributed by atoms with Crippen LogP contribution in [0.4, 0.5) is 0 Å². The van der Waals surface area contributed by atoms with Crippen LogP contribution in [0.1, 0.15) is 43.2 Å². The van der Waals surface area contributed by atoms with Gasteiger partial charge in [-0.05, 0) is 66.3 Å². The fraction of sp³-hybridized carbons (Fsp3) is 0.370. The van der Waals surface area contributed by atoms with E-state index in [0.717, 1.165) is 49.0 Å². The van der Waals surface area contributed by atoms with Gasteiger partial charge < -0.3 is 9.47 Å². The molecule has 33 heavy (non-hydrogen) atoms. The molecule has 0 saturated heterocycles. The van der Waals surface area contributed by atoms with E-state index in [1.54, 1.807) is 32.4 Å². The van der Waals surface area contributed by atoms with E-state index in [1.165, 1.54) is 11.1 Å². The Morgan fingerprint density at radius 2 is 1.67 bits per heavy atom. The number of nitrogens with one attached hydrogen (secondary N) is 1. The third-order valence-corrected chi connectivity index (χ3v) is 8.45. The Balaban J connectivity index is 1.33. The summed E-state index contributed by atoms with van der Waals surface area (Å²) in [6.45, 7) is 0. The number of hydrogen-bond donors (Lipinski definition) is 1. The maximum Gasteiger partial charge on any atom is 0.219 e. The van der Waals surface area contributed by atoms with E-state index < -0.39 is 9.84 Å². The lowest BCUT2D eigenvalue weighted by Gasteiger charge is -2.26. The quantitative estimate of drug-likeness (QED) is 0.252. The van der Waals surface area contributed by atoms with Crippen LogP contribution in [0.3, 0.4) is 0 Å². The lowest BCUT2D eigenvalue weighted by Crippen LogP contribution is -2.16. The van der Waals surface area contributed by atoms with Crippen molar-refractivity contribution >= 4 is 25.7 Å². The zero-order valence-electron chi connectivity index (χ0n) is 19.3. The second-order valence-electron chi connectivity index (χ2n) is 8.73. The van der Waals surface area contributed by atoms with Gasteiger partial charge in [-0.3, -0.25) is 5.41 Å². The van der Waals surface area contributed by atoms with Gasteiger partial charge in [0.1, 0.15) is 5.04 Å². The van der Waals surface area contributed by atoms with Gasteiger partial charge in [-0.15, -0.1) is 0 Å². The van der Waals surface area contributed by atoms with E-state index in [-0.39, 0.29) is 16.4 Å². The number of benzene rings is 3. The van der Waals surface area contributed by atoms with Crippen LogP contribution in [0.15, 0.2) is 59.5 Å². The maximum absolute atomic E-state index is 13.0. The van der Waals surface area contributed by atoms with Crippen LogP contribution in [0.2, 0.25) is 0 Å². The Kier molecular flexibility index (Phi) is 7.03. The van der Waals surface area contributed by atoms with Crippen LogP contribution in [0.25, 0.3) is 10.8 Å². The molecule has 0 bridgehead atoms. The molecule has 1 aliphatic carbocycles. The number of hydrogen-bond acceptors (Lipinski definition) is 5. The highest BCUT2D eigenvalue weighted by atomic mass is 32.2. The summed E-state index contributed by atoms with van der Waals surface area (Å²) >= 11 is 0. The Morgan fingerprint density at radius 3 is 2.42 bits per heavy atom. The predicted octanol–water partition coefficient (Wildman–Crippen LogP) is 5.97. The largest absolute Gasteiger partial charge is 0.493 e. The minimum Gasteiger partial charge on any atom is -0.493 e. The summed E-state index contributed by atoms with van der Waals surface area (Å²) in [6, 6.07) is 16.8. The molecule has 0 radical (unpaired) electrons. The molecule has 1 N–H and O–H groups in total. The van der Waals surface area contributed by atoms with Gasteiger partial charge in [0.25, 0.3) is 0 Å². The molecular weight excluding hydrogens is 434 g/mol. The fourth-order valence-electron chi connectivity index (χ4n) is 4.82. The molecule has 0 saturated carbocycles. The average Bonchev–Trinajstić information content (AvgIpc) is 2.84. The highest BCUT2D eigenvalue weighted by Crippen LogP contribution is 2.37. The highest BCUT2D eigenvalue weighted by Gasteiger charge is 2.24. The summed E-state index contributed by atoms with van der Waals surface area (Å²) in [4.78, 5) is 0.235. The third kappa shape index (κ3) is 4.91. The number of ether oxygens (including phenoxy) is 2. The summed E-state index contributed by atoms with van der Waals surface area (Å²) in [7, 11) is -0.448. The molecule has 0 fully saturated rings. The Labute approximate surface area is 196 Å². The minimum atomic E-state index is -3.77. The first-order chi connectivity index (χ1) is 15.9. The van der Waals surface area contributed by atoms with Crippen molar-refractivity contribution in [2.75, 3.05) is 14.2 Å². The normalized spacial score (nSPS) is 15.8. The molecule has 0 spiro atoms. The monoisotopic (exact) mass is 465 g/mol. The first kappa shape index (κ1) is 23.3. The lowest BCUT2D eigenvalue weighted by molar-refractivity contribution is 0.350. The summed E-state index contributed by atoms with van der Waals surface area (Å²) in [6.07, 6.45) is 6.08. The van der Waals surface area contributed by atoms with Gasteiger partial charge in [0.15, 0.2) is 11.5 Å². The van der Waals surface area contributed by atoms with Crippen molar-refractivity contribution < 1.29 is 17.9 Å². The first-order valence-corrected chi connectivity index (χ1v) is 13.0. The molecule has 1 atom stereocenters. The van der Waals surface area contributed by atoms with Crippen molar-refractivity contribution in [3.05, 3.63) is 65.7 Å². The van der Waals surface area contributed by atoms with Crippen molar-refractivity contribution in [1.82, 2.24) is 0 Å². The molecule has 3 aromatic carbocycles. The second kappa shape index (κ2) is 9.96. The highest BCUT2D eigenvalue weighted by molar-refractivity contribution is 8.06. The van der Waals surface area contributed by atoms with Crippen molar-refractivity contribution in [3.63, 3.8) is 0 Å². The molecule has 0 aliphatic heterocycles. The molecule has 0 amide bonds. The topological polar surface area (TPSA) is 76.5 Å². The average molecular weight is 466 g/mol. The van der Waals surface area contributed by atoms with Crippen molar-refractivity contribution in [3.8, 4) is 11.5 Å². The molecule has 1 aliphatic rings. The molecule has 6 heteroatoms. The number of fused-ring (bicyclic) bond motifs is 2. The van der Waals surface area contributed by atoms with Gasteiger partial charge in [0.05, 0.1) is 19.1 Å². The standard InChI is InChI=1S/C27H31NO4S/c1-31-24-17-21-15-14-19(16-22(21)18-25(24)32-2)8-3-6-13-27(28)33(29,30)26-12-7-10-20-9-4-5-11-23(20)26/h4-5,7,9-12,17-19,28H,3,6,8,13-16H2,1-2H3. The predicted molar refractivity (Wildman–Crippen MR) is 132 cm³/mol. The maximum atomic E-state index is 13.0. The molecule has 0 heterocycles. The van der Waals surface area contributed by atoms with Gasteiger partial charge in [-0.1, -0.05) is 49.2 Å². The van der Waals surface area contributed by atoms with Crippen LogP contribution in [-0.2, 0) is 22.7 Å². The van der Waals surface area contributed by atoms with E-state index in [9.17, 15) is 8.42 Å². The fourth-order valence-corrected chi connectivity index (χ4v) is 6.23. The van der Waals surface area contributed by atoms with E-state index in [0.29, 0.717) is 17.7 Å². The van der Waals surface area contributed by atoms with Gasteiger partial charge in [-0.2, -0.15) is 0 Å². The van der Waals surface area contributed by atoms with Crippen LogP contribution in [-0.4, -0.2) is 27.7 Å². The molecule has 4 rings (SSSR count). The number of aryl methyl sites for hydroxylation is 1. The molecule has 5 nitrogen and oxygen atoms in total. The zero-order chi connectivity index (χ0) is 23.4. The Morgan fingerprint density at radius 1 is 0.970 bits per heavy atom. The van der Waals surface area contributed by atoms with Gasteiger partial charge in [-0.25, -0.2) is 8.42 Å². The van der Waals surface area contributed by atoms with E-state index in [1.807, 2.05) is 24.3 Å². The van der Waals surface area contributed by atoms with Crippen LogP contribution in [0.5, 0.6) is 11.5 Å². The Hall–Kier alpha value is -2.86. The van der Waals surface area contributed by atoms with Crippen molar-refractivity contribution in [1.29, 1.82) is 5.41 Å². The van der Waals surface area contributed by atoms with E-state index in [2.05, 4.69) is 12.1 Å². The smallest absolute Gasteiger partial charge is 0.219 e. The summed E-state index contributed by atoms with van der Waals surface area (Å²) in [5.74, 6) is 2.11. The lowest BCUT2D eigenvalue weighted by atomic mass is 9.81. The van der Waals surface area contributed by atoms with E-state index in [4.69, 9.17) is 14.9 Å². The number of methoxy groups -OCH3 is 2. The van der Waals surface area contributed by atoms with Crippen molar-refractivity contribution in [2.24, 2.45) is 5.92 Å². The molecule has 3 aromatic rings. The number of sulfone groups is 1. The van der Waals surface area contributed by atoms with Gasteiger partial charge in [0, 0.05) is 11.8 Å². The number of rotatable bonds is 8. The third-order valence-electron chi connectivity index (χ3n) is 6.67.